The highest BCUT2D eigenvalue weighted by Gasteiger charge is 2.13. The summed E-state index contributed by atoms with van der Waals surface area (Å²) in [6, 6.07) is 13.3. The van der Waals surface area contributed by atoms with Crippen molar-refractivity contribution in [2.24, 2.45) is 0 Å². The quantitative estimate of drug-likeness (QED) is 0.718. The van der Waals surface area contributed by atoms with E-state index in [1.807, 2.05) is 60.2 Å². The highest BCUT2D eigenvalue weighted by Crippen LogP contribution is 2.12. The lowest BCUT2D eigenvalue weighted by Gasteiger charge is -2.08. The maximum Gasteiger partial charge on any atom is 0.273 e. The molecule has 0 radical (unpaired) electrons. The van der Waals surface area contributed by atoms with Crippen LogP contribution in [0.2, 0.25) is 0 Å². The van der Waals surface area contributed by atoms with Gasteiger partial charge in [-0.05, 0) is 46.5 Å². The van der Waals surface area contributed by atoms with Crippen molar-refractivity contribution in [1.29, 1.82) is 10.5 Å². The summed E-state index contributed by atoms with van der Waals surface area (Å²) >= 11 is 2.72. The summed E-state index contributed by atoms with van der Waals surface area (Å²) < 4.78 is 2.36. The van der Waals surface area contributed by atoms with Crippen LogP contribution in [0.1, 0.15) is 18.1 Å². The lowest BCUT2D eigenvalue weighted by Crippen LogP contribution is -2.31. The Kier molecular flexibility index (Phi) is 4.95. The van der Waals surface area contributed by atoms with Crippen molar-refractivity contribution < 1.29 is 0 Å². The molecule has 0 spiro atoms. The molecule has 2 aromatic heterocycles. The topological polar surface area (TPSA) is 69.6 Å². The van der Waals surface area contributed by atoms with Crippen molar-refractivity contribution in [3.63, 3.8) is 0 Å². The van der Waals surface area contributed by atoms with Crippen LogP contribution in [0.5, 0.6) is 0 Å². The zero-order chi connectivity index (χ0) is 17.8. The van der Waals surface area contributed by atoms with Gasteiger partial charge in [-0.15, -0.1) is 11.3 Å². The normalized spacial score (nSPS) is 11.1. The first-order valence-electron chi connectivity index (χ1n) is 7.58. The number of hydrogen-bond donors (Lipinski definition) is 0. The number of aryl methyl sites for hydroxylation is 1. The molecule has 1 aromatic carbocycles. The number of thiazole rings is 1. The Bertz CT molecular complexity index is 1150. The third-order valence-corrected chi connectivity index (χ3v) is 5.51. The zero-order valence-corrected chi connectivity index (χ0v) is 15.0. The van der Waals surface area contributed by atoms with Gasteiger partial charge in [-0.2, -0.15) is 21.9 Å². The van der Waals surface area contributed by atoms with Gasteiger partial charge in [-0.1, -0.05) is 25.1 Å². The van der Waals surface area contributed by atoms with Crippen LogP contribution in [-0.4, -0.2) is 4.57 Å². The highest BCUT2D eigenvalue weighted by molar-refractivity contribution is 7.08. The first-order valence-corrected chi connectivity index (χ1v) is 9.34. The highest BCUT2D eigenvalue weighted by atomic mass is 32.1. The summed E-state index contributed by atoms with van der Waals surface area (Å²) in [6.45, 7) is 2.01. The van der Waals surface area contributed by atoms with Crippen LogP contribution in [0.25, 0.3) is 17.3 Å². The summed E-state index contributed by atoms with van der Waals surface area (Å²) in [6.07, 6.45) is 2.54. The van der Waals surface area contributed by atoms with Crippen LogP contribution in [0, 0.1) is 22.7 Å². The number of thiophene rings is 1. The number of rotatable bonds is 3. The van der Waals surface area contributed by atoms with Crippen molar-refractivity contribution >= 4 is 34.3 Å². The molecule has 0 atom stereocenters. The molecular weight excluding hydrogens is 350 g/mol. The molecule has 0 amide bonds. The minimum atomic E-state index is -0.213. The fraction of sp³-hybridized carbons (Fsp3) is 0.105. The smallest absolute Gasteiger partial charge is 0.267 e. The third kappa shape index (κ3) is 3.18. The van der Waals surface area contributed by atoms with Gasteiger partial charge in [0.25, 0.3) is 5.56 Å². The Morgan fingerprint density at radius 1 is 1.24 bits per heavy atom. The number of nitriles is 2. The second kappa shape index (κ2) is 7.31. The molecule has 0 aliphatic heterocycles. The van der Waals surface area contributed by atoms with Crippen LogP contribution in [0.4, 0.5) is 0 Å². The van der Waals surface area contributed by atoms with Gasteiger partial charge in [-0.25, -0.2) is 0 Å². The van der Waals surface area contributed by atoms with Gasteiger partial charge in [-0.3, -0.25) is 9.36 Å². The molecule has 6 heteroatoms. The summed E-state index contributed by atoms with van der Waals surface area (Å²) in [7, 11) is 0. The number of aromatic nitrogens is 1. The largest absolute Gasteiger partial charge is 0.273 e. The van der Waals surface area contributed by atoms with Crippen molar-refractivity contribution in [2.45, 2.75) is 13.3 Å². The zero-order valence-electron chi connectivity index (χ0n) is 13.4. The minimum absolute atomic E-state index is 0.0574. The van der Waals surface area contributed by atoms with Crippen molar-refractivity contribution in [3.05, 3.63) is 71.8 Å². The Balaban J connectivity index is 2.46. The van der Waals surface area contributed by atoms with Crippen LogP contribution < -0.4 is 14.8 Å². The molecule has 0 fully saturated rings. The number of hydrogen-bond acceptors (Lipinski definition) is 5. The van der Waals surface area contributed by atoms with Gasteiger partial charge in [0.05, 0.1) is 10.2 Å². The SMILES string of the molecule is CCc1ccccc1-n1c(=C(C#N)C#N)s/c(=C/c2ccsc2)c1=O. The summed E-state index contributed by atoms with van der Waals surface area (Å²) in [5, 5.41) is 22.5. The van der Waals surface area contributed by atoms with E-state index in [0.29, 0.717) is 14.9 Å². The van der Waals surface area contributed by atoms with Crippen molar-refractivity contribution in [1.82, 2.24) is 4.57 Å². The summed E-state index contributed by atoms with van der Waals surface area (Å²) in [5.41, 5.74) is 2.37. The predicted octanol–water partition coefficient (Wildman–Crippen LogP) is 2.55. The first-order chi connectivity index (χ1) is 12.2. The van der Waals surface area contributed by atoms with E-state index in [0.717, 1.165) is 17.5 Å². The lowest BCUT2D eigenvalue weighted by molar-refractivity contribution is 0.953. The molecule has 2 heterocycles. The lowest BCUT2D eigenvalue weighted by atomic mass is 10.1. The average Bonchev–Trinajstić information content (AvgIpc) is 3.25. The fourth-order valence-corrected chi connectivity index (χ4v) is 4.19. The first kappa shape index (κ1) is 16.9. The molecule has 3 rings (SSSR count). The van der Waals surface area contributed by atoms with Crippen LogP contribution in [0.15, 0.2) is 45.9 Å². The van der Waals surface area contributed by atoms with Crippen molar-refractivity contribution in [3.8, 4) is 17.8 Å². The molecule has 122 valence electrons. The van der Waals surface area contributed by atoms with Gasteiger partial charge in [0.2, 0.25) is 0 Å². The Morgan fingerprint density at radius 3 is 2.64 bits per heavy atom. The monoisotopic (exact) mass is 363 g/mol. The summed E-state index contributed by atoms with van der Waals surface area (Å²) in [4.78, 5) is 13.0. The Morgan fingerprint density at radius 2 is 2.00 bits per heavy atom. The second-order valence-electron chi connectivity index (χ2n) is 5.19. The van der Waals surface area contributed by atoms with E-state index in [1.165, 1.54) is 15.9 Å². The van der Waals surface area contributed by atoms with Gasteiger partial charge >= 0.3 is 0 Å². The van der Waals surface area contributed by atoms with E-state index < -0.39 is 0 Å². The number of nitrogens with zero attached hydrogens (tertiary/aromatic N) is 3. The molecule has 0 N–H and O–H groups in total. The second-order valence-corrected chi connectivity index (χ2v) is 7.00. The molecule has 0 bridgehead atoms. The van der Waals surface area contributed by atoms with Crippen LogP contribution in [0.3, 0.4) is 0 Å². The average molecular weight is 363 g/mol. The summed E-state index contributed by atoms with van der Waals surface area (Å²) in [5.74, 6) is 0. The Labute approximate surface area is 152 Å². The van der Waals surface area contributed by atoms with E-state index in [9.17, 15) is 15.3 Å². The van der Waals surface area contributed by atoms with Crippen molar-refractivity contribution in [2.75, 3.05) is 0 Å². The molecular formula is C19H13N3OS2. The number of para-hydroxylation sites is 1. The van der Waals surface area contributed by atoms with Gasteiger partial charge in [0.15, 0.2) is 5.57 Å². The predicted molar refractivity (Wildman–Crippen MR) is 101 cm³/mol. The maximum absolute atomic E-state index is 13.0. The molecule has 3 aromatic rings. The van der Waals surface area contributed by atoms with Crippen LogP contribution >= 0.6 is 22.7 Å². The number of benzene rings is 1. The standard InChI is InChI=1S/C19H13N3OS2/c1-2-14-5-3-4-6-16(14)22-18(23)17(9-13-7-8-24-12-13)25-19(22)15(10-20)11-21/h3-9,12H,2H2,1H3/b17-9+. The maximum atomic E-state index is 13.0. The van der Waals surface area contributed by atoms with E-state index in [2.05, 4.69) is 0 Å². The van der Waals surface area contributed by atoms with Gasteiger partial charge in [0.1, 0.15) is 16.8 Å². The van der Waals surface area contributed by atoms with E-state index in [4.69, 9.17) is 0 Å². The van der Waals surface area contributed by atoms with E-state index in [1.54, 1.807) is 17.4 Å². The van der Waals surface area contributed by atoms with Gasteiger partial charge in [0, 0.05) is 0 Å². The molecule has 0 saturated heterocycles. The van der Waals surface area contributed by atoms with E-state index in [-0.39, 0.29) is 11.1 Å². The fourth-order valence-electron chi connectivity index (χ4n) is 2.53. The minimum Gasteiger partial charge on any atom is -0.267 e. The van der Waals surface area contributed by atoms with E-state index >= 15 is 0 Å². The molecule has 0 aliphatic carbocycles. The molecule has 4 nitrogen and oxygen atoms in total. The molecule has 0 saturated carbocycles. The molecule has 0 unspecified atom stereocenters. The molecule has 25 heavy (non-hydrogen) atoms. The molecule has 0 aliphatic rings. The third-order valence-electron chi connectivity index (χ3n) is 3.72. The van der Waals surface area contributed by atoms with Crippen LogP contribution in [-0.2, 0) is 6.42 Å². The Hall–Kier alpha value is -2.93. The van der Waals surface area contributed by atoms with Gasteiger partial charge < -0.3 is 0 Å².